The van der Waals surface area contributed by atoms with Crippen LogP contribution in [0.25, 0.3) is 0 Å². The zero-order valence-electron chi connectivity index (χ0n) is 7.11. The van der Waals surface area contributed by atoms with Crippen molar-refractivity contribution >= 4 is 0 Å². The first-order valence-corrected chi connectivity index (χ1v) is 3.79. The van der Waals surface area contributed by atoms with Crippen molar-refractivity contribution in [3.05, 3.63) is 23.8 Å². The number of hydrogen-bond acceptors (Lipinski definition) is 3. The number of phenols is 1. The lowest BCUT2D eigenvalue weighted by Gasteiger charge is -2.07. The van der Waals surface area contributed by atoms with Gasteiger partial charge in [0.15, 0.2) is 5.75 Å². The molecule has 3 heteroatoms. The first kappa shape index (κ1) is 8.87. The van der Waals surface area contributed by atoms with E-state index in [1.165, 1.54) is 6.07 Å². The summed E-state index contributed by atoms with van der Waals surface area (Å²) >= 11 is 0. The van der Waals surface area contributed by atoms with Gasteiger partial charge in [-0.25, -0.2) is 5.26 Å². The monoisotopic (exact) mass is 168 g/mol. The van der Waals surface area contributed by atoms with Gasteiger partial charge in [-0.2, -0.15) is 0 Å². The van der Waals surface area contributed by atoms with Crippen LogP contribution in [0, 0.1) is 0 Å². The predicted octanol–water partition coefficient (Wildman–Crippen LogP) is 2.37. The van der Waals surface area contributed by atoms with Crippen molar-refractivity contribution in [2.24, 2.45) is 0 Å². The van der Waals surface area contributed by atoms with E-state index in [4.69, 9.17) is 10.4 Å². The molecule has 0 aromatic heterocycles. The van der Waals surface area contributed by atoms with Crippen molar-refractivity contribution in [1.82, 2.24) is 0 Å². The van der Waals surface area contributed by atoms with Crippen molar-refractivity contribution in [1.29, 1.82) is 0 Å². The number of benzene rings is 1. The quantitative estimate of drug-likeness (QED) is 0.526. The maximum atomic E-state index is 9.13. The number of hydrogen-bond donors (Lipinski definition) is 2. The van der Waals surface area contributed by atoms with E-state index < -0.39 is 0 Å². The van der Waals surface area contributed by atoms with Crippen molar-refractivity contribution < 1.29 is 15.3 Å². The first-order chi connectivity index (χ1) is 5.65. The predicted molar refractivity (Wildman–Crippen MR) is 45.5 cm³/mol. The van der Waals surface area contributed by atoms with E-state index in [-0.39, 0.29) is 11.5 Å². The molecule has 66 valence electrons. The Bertz CT molecular complexity index is 268. The molecule has 1 rings (SSSR count). The van der Waals surface area contributed by atoms with Crippen molar-refractivity contribution in [2.75, 3.05) is 0 Å². The molecule has 0 heterocycles. The molecule has 0 atom stereocenters. The van der Waals surface area contributed by atoms with Gasteiger partial charge in [0.1, 0.15) is 0 Å². The largest absolute Gasteiger partial charge is 0.504 e. The van der Waals surface area contributed by atoms with Gasteiger partial charge in [-0.1, -0.05) is 19.9 Å². The Labute approximate surface area is 71.2 Å². The standard InChI is InChI=1S/C9H12O3/c1-6(2)7-3-4-8(10)9(5-7)12-11/h3-6,10-11H,1-2H3. The molecule has 0 saturated carbocycles. The fourth-order valence-electron chi connectivity index (χ4n) is 0.963. The fourth-order valence-corrected chi connectivity index (χ4v) is 0.963. The maximum absolute atomic E-state index is 9.13. The van der Waals surface area contributed by atoms with Gasteiger partial charge in [0.05, 0.1) is 0 Å². The zero-order valence-corrected chi connectivity index (χ0v) is 7.11. The maximum Gasteiger partial charge on any atom is 0.206 e. The fraction of sp³-hybridized carbons (Fsp3) is 0.333. The Kier molecular flexibility index (Phi) is 2.55. The average molecular weight is 168 g/mol. The SMILES string of the molecule is CC(C)c1ccc(O)c(OO)c1. The van der Waals surface area contributed by atoms with E-state index in [0.717, 1.165) is 5.56 Å². The van der Waals surface area contributed by atoms with E-state index in [1.807, 2.05) is 13.8 Å². The Morgan fingerprint density at radius 2 is 2.00 bits per heavy atom. The van der Waals surface area contributed by atoms with Crippen LogP contribution in [0.2, 0.25) is 0 Å². The third kappa shape index (κ3) is 1.68. The summed E-state index contributed by atoms with van der Waals surface area (Å²) in [7, 11) is 0. The lowest BCUT2D eigenvalue weighted by atomic mass is 10.0. The van der Waals surface area contributed by atoms with Gasteiger partial charge in [0.25, 0.3) is 0 Å². The van der Waals surface area contributed by atoms with Gasteiger partial charge in [-0.15, -0.1) is 0 Å². The molecular weight excluding hydrogens is 156 g/mol. The molecule has 12 heavy (non-hydrogen) atoms. The summed E-state index contributed by atoms with van der Waals surface area (Å²) in [6, 6.07) is 4.91. The highest BCUT2D eigenvalue weighted by atomic mass is 17.1. The minimum Gasteiger partial charge on any atom is -0.504 e. The van der Waals surface area contributed by atoms with Crippen LogP contribution >= 0.6 is 0 Å². The average Bonchev–Trinajstić information content (AvgIpc) is 2.05. The number of rotatable bonds is 2. The van der Waals surface area contributed by atoms with Crippen LogP contribution < -0.4 is 4.89 Å². The molecule has 0 spiro atoms. The van der Waals surface area contributed by atoms with Crippen LogP contribution in [0.5, 0.6) is 11.5 Å². The second-order valence-electron chi connectivity index (χ2n) is 2.97. The topological polar surface area (TPSA) is 49.7 Å². The molecule has 0 fully saturated rings. The Morgan fingerprint density at radius 3 is 2.50 bits per heavy atom. The lowest BCUT2D eigenvalue weighted by Crippen LogP contribution is -1.90. The molecular formula is C9H12O3. The molecule has 0 saturated heterocycles. The van der Waals surface area contributed by atoms with Gasteiger partial charge >= 0.3 is 0 Å². The third-order valence-electron chi connectivity index (χ3n) is 1.75. The molecule has 0 amide bonds. The molecule has 2 N–H and O–H groups in total. The minimum atomic E-state index is -0.0538. The molecule has 3 nitrogen and oxygen atoms in total. The summed E-state index contributed by atoms with van der Waals surface area (Å²) in [6.07, 6.45) is 0. The van der Waals surface area contributed by atoms with Crippen LogP contribution in [-0.2, 0) is 0 Å². The van der Waals surface area contributed by atoms with E-state index in [0.29, 0.717) is 5.92 Å². The summed E-state index contributed by atoms with van der Waals surface area (Å²) in [4.78, 5) is 3.99. The molecule has 0 unspecified atom stereocenters. The van der Waals surface area contributed by atoms with E-state index in [1.54, 1.807) is 12.1 Å². The van der Waals surface area contributed by atoms with E-state index in [2.05, 4.69) is 4.89 Å². The molecule has 0 aliphatic rings. The molecule has 0 aliphatic heterocycles. The van der Waals surface area contributed by atoms with Crippen LogP contribution in [0.4, 0.5) is 0 Å². The smallest absolute Gasteiger partial charge is 0.206 e. The first-order valence-electron chi connectivity index (χ1n) is 3.79. The third-order valence-corrected chi connectivity index (χ3v) is 1.75. The second kappa shape index (κ2) is 3.45. The van der Waals surface area contributed by atoms with Gasteiger partial charge in [-0.3, -0.25) is 0 Å². The normalized spacial score (nSPS) is 10.3. The van der Waals surface area contributed by atoms with Gasteiger partial charge in [0.2, 0.25) is 5.75 Å². The molecule has 0 radical (unpaired) electrons. The highest BCUT2D eigenvalue weighted by Crippen LogP contribution is 2.28. The van der Waals surface area contributed by atoms with Crippen LogP contribution in [0.15, 0.2) is 18.2 Å². The lowest BCUT2D eigenvalue weighted by molar-refractivity contribution is -0.139. The summed E-state index contributed by atoms with van der Waals surface area (Å²) in [5.74, 6) is 0.391. The minimum absolute atomic E-state index is 0.0538. The Hall–Kier alpha value is -1.22. The second-order valence-corrected chi connectivity index (χ2v) is 2.97. The Balaban J connectivity index is 3.05. The summed E-state index contributed by atoms with van der Waals surface area (Å²) in [6.45, 7) is 4.04. The van der Waals surface area contributed by atoms with Crippen LogP contribution in [0.3, 0.4) is 0 Å². The van der Waals surface area contributed by atoms with Gasteiger partial charge in [-0.05, 0) is 23.6 Å². The highest BCUT2D eigenvalue weighted by molar-refractivity contribution is 5.42. The summed E-state index contributed by atoms with van der Waals surface area (Å²) in [5.41, 5.74) is 1.01. The Morgan fingerprint density at radius 1 is 1.33 bits per heavy atom. The van der Waals surface area contributed by atoms with Crippen molar-refractivity contribution in [3.8, 4) is 11.5 Å². The molecule has 1 aromatic carbocycles. The molecule has 0 bridgehead atoms. The summed E-state index contributed by atoms with van der Waals surface area (Å²) in [5, 5.41) is 17.5. The highest BCUT2D eigenvalue weighted by Gasteiger charge is 2.05. The van der Waals surface area contributed by atoms with E-state index >= 15 is 0 Å². The molecule has 0 aliphatic carbocycles. The van der Waals surface area contributed by atoms with Crippen molar-refractivity contribution in [3.63, 3.8) is 0 Å². The summed E-state index contributed by atoms with van der Waals surface area (Å²) < 4.78 is 0. The molecule has 1 aromatic rings. The van der Waals surface area contributed by atoms with Crippen molar-refractivity contribution in [2.45, 2.75) is 19.8 Å². The van der Waals surface area contributed by atoms with Crippen LogP contribution in [-0.4, -0.2) is 10.4 Å². The van der Waals surface area contributed by atoms with E-state index in [9.17, 15) is 0 Å². The zero-order chi connectivity index (χ0) is 9.14. The number of phenolic OH excluding ortho intramolecular Hbond substituents is 1. The van der Waals surface area contributed by atoms with Crippen LogP contribution in [0.1, 0.15) is 25.3 Å². The van der Waals surface area contributed by atoms with Gasteiger partial charge in [0, 0.05) is 0 Å². The van der Waals surface area contributed by atoms with Gasteiger partial charge < -0.3 is 9.99 Å². The number of aromatic hydroxyl groups is 1.